The summed E-state index contributed by atoms with van der Waals surface area (Å²) in [5.74, 6) is 0.721. The maximum absolute atomic E-state index is 5.96. The van der Waals surface area contributed by atoms with Gasteiger partial charge in [-0.15, -0.1) is 24.8 Å². The van der Waals surface area contributed by atoms with Crippen LogP contribution in [0.2, 0.25) is 0 Å². The van der Waals surface area contributed by atoms with E-state index >= 15 is 0 Å². The number of halogens is 2. The molecule has 1 aliphatic carbocycles. The van der Waals surface area contributed by atoms with Gasteiger partial charge in [-0.3, -0.25) is 4.98 Å². The van der Waals surface area contributed by atoms with Crippen molar-refractivity contribution in [1.29, 1.82) is 0 Å². The molecule has 2 nitrogen and oxygen atoms in total. The third-order valence-corrected chi connectivity index (χ3v) is 2.20. The Morgan fingerprint density at radius 3 is 2.54 bits per heavy atom. The van der Waals surface area contributed by atoms with Crippen molar-refractivity contribution in [3.05, 3.63) is 30.1 Å². The number of pyridine rings is 1. The molecule has 0 saturated heterocycles. The zero-order valence-electron chi connectivity index (χ0n) is 7.22. The molecule has 74 valence electrons. The number of hydrogen-bond donors (Lipinski definition) is 1. The molecular weight excluding hydrogens is 207 g/mol. The third kappa shape index (κ3) is 3.14. The van der Waals surface area contributed by atoms with Crippen LogP contribution in [0.1, 0.15) is 24.4 Å². The predicted octanol–water partition coefficient (Wildman–Crippen LogP) is 2.33. The smallest absolute Gasteiger partial charge is 0.0338 e. The standard InChI is InChI=1S/C9H12N2.2ClH/c10-9(7-3-4-7)8-2-1-5-11-6-8;;/h1-2,5-7,9H,3-4,10H2;2*1H/t9-;;/m1../s1. The number of hydrogen-bond acceptors (Lipinski definition) is 2. The zero-order chi connectivity index (χ0) is 7.68. The Kier molecular flexibility index (Phi) is 5.30. The molecule has 1 aromatic rings. The highest BCUT2D eigenvalue weighted by Crippen LogP contribution is 2.38. The molecule has 2 N–H and O–H groups in total. The summed E-state index contributed by atoms with van der Waals surface area (Å²) >= 11 is 0. The van der Waals surface area contributed by atoms with E-state index in [9.17, 15) is 0 Å². The van der Waals surface area contributed by atoms with Crippen molar-refractivity contribution < 1.29 is 0 Å². The fourth-order valence-corrected chi connectivity index (χ4v) is 1.30. The lowest BCUT2D eigenvalue weighted by atomic mass is 10.1. The Morgan fingerprint density at radius 2 is 2.08 bits per heavy atom. The second kappa shape index (κ2) is 5.43. The molecule has 0 unspecified atom stereocenters. The fourth-order valence-electron chi connectivity index (χ4n) is 1.30. The SMILES string of the molecule is Cl.Cl.N[C@@H](c1cccnc1)C1CC1. The van der Waals surface area contributed by atoms with Crippen LogP contribution < -0.4 is 5.73 Å². The van der Waals surface area contributed by atoms with Crippen LogP contribution in [0.4, 0.5) is 0 Å². The van der Waals surface area contributed by atoms with Gasteiger partial charge in [0.15, 0.2) is 0 Å². The van der Waals surface area contributed by atoms with E-state index in [0.29, 0.717) is 0 Å². The summed E-state index contributed by atoms with van der Waals surface area (Å²) in [4.78, 5) is 4.04. The van der Waals surface area contributed by atoms with Crippen molar-refractivity contribution in [3.8, 4) is 0 Å². The Labute approximate surface area is 90.8 Å². The lowest BCUT2D eigenvalue weighted by Crippen LogP contribution is -2.12. The highest BCUT2D eigenvalue weighted by atomic mass is 35.5. The minimum atomic E-state index is 0. The van der Waals surface area contributed by atoms with Crippen LogP contribution in [-0.2, 0) is 0 Å². The Morgan fingerprint density at radius 1 is 1.38 bits per heavy atom. The number of rotatable bonds is 2. The normalized spacial score (nSPS) is 16.7. The molecule has 0 radical (unpaired) electrons. The maximum Gasteiger partial charge on any atom is 0.0338 e. The first-order valence-electron chi connectivity index (χ1n) is 4.03. The maximum atomic E-state index is 5.96. The number of nitrogens with zero attached hydrogens (tertiary/aromatic N) is 1. The van der Waals surface area contributed by atoms with Crippen LogP contribution in [0.3, 0.4) is 0 Å². The summed E-state index contributed by atoms with van der Waals surface area (Å²) in [6.07, 6.45) is 6.22. The topological polar surface area (TPSA) is 38.9 Å². The van der Waals surface area contributed by atoms with Gasteiger partial charge in [-0.05, 0) is 30.4 Å². The molecule has 1 atom stereocenters. The first-order chi connectivity index (χ1) is 5.38. The van der Waals surface area contributed by atoms with Gasteiger partial charge in [-0.2, -0.15) is 0 Å². The van der Waals surface area contributed by atoms with Crippen molar-refractivity contribution in [2.24, 2.45) is 11.7 Å². The van der Waals surface area contributed by atoms with E-state index in [1.54, 1.807) is 6.20 Å². The van der Waals surface area contributed by atoms with Gasteiger partial charge < -0.3 is 5.73 Å². The van der Waals surface area contributed by atoms with Crippen molar-refractivity contribution in [2.45, 2.75) is 18.9 Å². The first-order valence-corrected chi connectivity index (χ1v) is 4.03. The molecule has 0 bridgehead atoms. The van der Waals surface area contributed by atoms with Crippen molar-refractivity contribution >= 4 is 24.8 Å². The quantitative estimate of drug-likeness (QED) is 0.832. The minimum absolute atomic E-state index is 0. The van der Waals surface area contributed by atoms with E-state index in [0.717, 1.165) is 5.92 Å². The predicted molar refractivity (Wildman–Crippen MR) is 58.4 cm³/mol. The average Bonchev–Trinajstić information content (AvgIpc) is 2.87. The fraction of sp³-hybridized carbons (Fsp3) is 0.444. The molecule has 0 amide bonds. The van der Waals surface area contributed by atoms with Crippen LogP contribution in [0, 0.1) is 5.92 Å². The van der Waals surface area contributed by atoms with Crippen molar-refractivity contribution in [1.82, 2.24) is 4.98 Å². The van der Waals surface area contributed by atoms with Gasteiger partial charge in [0.05, 0.1) is 0 Å². The summed E-state index contributed by atoms with van der Waals surface area (Å²) < 4.78 is 0. The van der Waals surface area contributed by atoms with E-state index in [-0.39, 0.29) is 30.9 Å². The molecule has 1 saturated carbocycles. The summed E-state index contributed by atoms with van der Waals surface area (Å²) in [6.45, 7) is 0. The Balaban J connectivity index is 0.000000720. The van der Waals surface area contributed by atoms with Gasteiger partial charge in [-0.1, -0.05) is 6.07 Å². The molecule has 0 aliphatic heterocycles. The lowest BCUT2D eigenvalue weighted by molar-refractivity contribution is 0.631. The van der Waals surface area contributed by atoms with E-state index in [2.05, 4.69) is 11.1 Å². The Hall–Kier alpha value is -0.310. The second-order valence-corrected chi connectivity index (χ2v) is 3.15. The van der Waals surface area contributed by atoms with Gasteiger partial charge in [0.25, 0.3) is 0 Å². The molecule has 1 heterocycles. The molecular formula is C9H14Cl2N2. The molecule has 13 heavy (non-hydrogen) atoms. The summed E-state index contributed by atoms with van der Waals surface area (Å²) in [6, 6.07) is 4.22. The zero-order valence-corrected chi connectivity index (χ0v) is 8.85. The lowest BCUT2D eigenvalue weighted by Gasteiger charge is -2.08. The summed E-state index contributed by atoms with van der Waals surface area (Å²) in [5, 5.41) is 0. The van der Waals surface area contributed by atoms with Crippen molar-refractivity contribution in [2.75, 3.05) is 0 Å². The van der Waals surface area contributed by atoms with Gasteiger partial charge in [0, 0.05) is 18.4 Å². The minimum Gasteiger partial charge on any atom is -0.324 e. The van der Waals surface area contributed by atoms with Crippen molar-refractivity contribution in [3.63, 3.8) is 0 Å². The largest absolute Gasteiger partial charge is 0.324 e. The molecule has 1 aliphatic rings. The monoisotopic (exact) mass is 220 g/mol. The highest BCUT2D eigenvalue weighted by molar-refractivity contribution is 5.85. The molecule has 2 rings (SSSR count). The third-order valence-electron chi connectivity index (χ3n) is 2.20. The van der Waals surface area contributed by atoms with E-state index in [1.165, 1.54) is 18.4 Å². The molecule has 1 fully saturated rings. The second-order valence-electron chi connectivity index (χ2n) is 3.15. The van der Waals surface area contributed by atoms with Gasteiger partial charge in [0.1, 0.15) is 0 Å². The van der Waals surface area contributed by atoms with Crippen LogP contribution >= 0.6 is 24.8 Å². The molecule has 0 aromatic carbocycles. The van der Waals surface area contributed by atoms with Gasteiger partial charge in [0.2, 0.25) is 0 Å². The van der Waals surface area contributed by atoms with E-state index in [4.69, 9.17) is 5.73 Å². The van der Waals surface area contributed by atoms with Crippen LogP contribution in [-0.4, -0.2) is 4.98 Å². The number of nitrogens with two attached hydrogens (primary N) is 1. The van der Waals surface area contributed by atoms with E-state index in [1.807, 2.05) is 12.3 Å². The van der Waals surface area contributed by atoms with Gasteiger partial charge >= 0.3 is 0 Å². The molecule has 1 aromatic heterocycles. The van der Waals surface area contributed by atoms with Crippen LogP contribution in [0.25, 0.3) is 0 Å². The van der Waals surface area contributed by atoms with Crippen LogP contribution in [0.5, 0.6) is 0 Å². The number of aromatic nitrogens is 1. The van der Waals surface area contributed by atoms with Crippen LogP contribution in [0.15, 0.2) is 24.5 Å². The Bertz CT molecular complexity index is 237. The average molecular weight is 221 g/mol. The van der Waals surface area contributed by atoms with Gasteiger partial charge in [-0.25, -0.2) is 0 Å². The van der Waals surface area contributed by atoms with E-state index < -0.39 is 0 Å². The molecule has 0 spiro atoms. The highest BCUT2D eigenvalue weighted by Gasteiger charge is 2.29. The summed E-state index contributed by atoms with van der Waals surface area (Å²) in [7, 11) is 0. The molecule has 4 heteroatoms. The first kappa shape index (κ1) is 12.7. The summed E-state index contributed by atoms with van der Waals surface area (Å²) in [5.41, 5.74) is 7.14.